The van der Waals surface area contributed by atoms with Crippen molar-refractivity contribution in [3.05, 3.63) is 143 Å². The lowest BCUT2D eigenvalue weighted by Gasteiger charge is -2.45. The van der Waals surface area contributed by atoms with Gasteiger partial charge < -0.3 is 4.90 Å². The molecule has 5 aromatic carbocycles. The van der Waals surface area contributed by atoms with Crippen LogP contribution in [-0.4, -0.2) is 9.97 Å². The SMILES string of the molecule is CC12c3ccccc3-c3c(sc4ccccc34)C1c1ccccc1N2c1cccc(-c2nc(Cl)nc3sc4ccccc4c23)c1. The molecule has 3 nitrogen and oxygen atoms in total. The van der Waals surface area contributed by atoms with Crippen LogP contribution in [0, 0.1) is 0 Å². The Hall–Kier alpha value is -4.55. The molecule has 2 atom stereocenters. The molecule has 1 aliphatic heterocycles. The predicted octanol–water partition coefficient (Wildman–Crippen LogP) is 11.6. The number of halogens is 1. The zero-order valence-corrected chi connectivity index (χ0v) is 26.5. The van der Waals surface area contributed by atoms with Crippen LogP contribution in [0.5, 0.6) is 0 Å². The number of aromatic nitrogens is 2. The van der Waals surface area contributed by atoms with Crippen molar-refractivity contribution in [2.75, 3.05) is 4.90 Å². The van der Waals surface area contributed by atoms with Gasteiger partial charge in [0, 0.05) is 58.9 Å². The smallest absolute Gasteiger partial charge is 0.224 e. The van der Waals surface area contributed by atoms with E-state index in [1.54, 1.807) is 11.3 Å². The lowest BCUT2D eigenvalue weighted by molar-refractivity contribution is 0.454. The average molecular weight is 634 g/mol. The lowest BCUT2D eigenvalue weighted by atomic mass is 9.69. The van der Waals surface area contributed by atoms with Gasteiger partial charge in [-0.1, -0.05) is 91.0 Å². The van der Waals surface area contributed by atoms with E-state index >= 15 is 0 Å². The molecule has 10 rings (SSSR count). The molecule has 6 heteroatoms. The number of para-hydroxylation sites is 1. The molecule has 4 heterocycles. The molecule has 2 unspecified atom stereocenters. The summed E-state index contributed by atoms with van der Waals surface area (Å²) in [4.78, 5) is 14.4. The van der Waals surface area contributed by atoms with E-state index in [9.17, 15) is 0 Å². The molecule has 1 aliphatic carbocycles. The lowest BCUT2D eigenvalue weighted by Crippen LogP contribution is -2.43. The standard InChI is InChI=1S/C39H24ClN3S2/c1-39-28-17-6-2-13-24(28)32-26-15-4-8-19-30(26)44-36(32)34(39)25-14-3-7-18-29(25)43(39)23-12-10-11-22(21-23)35-33-27-16-5-9-20-31(27)45-37(33)42-38(40)41-35/h2-21,34H,1H3. The van der Waals surface area contributed by atoms with Crippen molar-refractivity contribution in [3.63, 3.8) is 0 Å². The molecule has 8 aromatic rings. The van der Waals surface area contributed by atoms with Gasteiger partial charge in [-0.2, -0.15) is 0 Å². The number of anilines is 2. The van der Waals surface area contributed by atoms with Gasteiger partial charge in [-0.3, -0.25) is 0 Å². The van der Waals surface area contributed by atoms with E-state index in [1.807, 2.05) is 11.3 Å². The van der Waals surface area contributed by atoms with E-state index in [-0.39, 0.29) is 16.7 Å². The summed E-state index contributed by atoms with van der Waals surface area (Å²) in [6, 6.07) is 44.1. The third-order valence-corrected chi connectivity index (χ3v) is 12.2. The van der Waals surface area contributed by atoms with E-state index in [2.05, 4.69) is 138 Å². The van der Waals surface area contributed by atoms with Gasteiger partial charge in [-0.15, -0.1) is 22.7 Å². The quantitative estimate of drug-likeness (QED) is 0.177. The molecule has 0 saturated carbocycles. The fourth-order valence-electron chi connectivity index (χ4n) is 7.98. The number of hydrogen-bond acceptors (Lipinski definition) is 5. The number of rotatable bonds is 2. The highest BCUT2D eigenvalue weighted by atomic mass is 35.5. The van der Waals surface area contributed by atoms with Gasteiger partial charge in [0.2, 0.25) is 5.28 Å². The Bertz CT molecular complexity index is 2510. The Kier molecular flexibility index (Phi) is 5.29. The molecule has 0 amide bonds. The van der Waals surface area contributed by atoms with E-state index in [1.165, 1.54) is 47.6 Å². The van der Waals surface area contributed by atoms with Gasteiger partial charge in [0.15, 0.2) is 0 Å². The van der Waals surface area contributed by atoms with Crippen LogP contribution in [0.15, 0.2) is 121 Å². The molecule has 0 bridgehead atoms. The van der Waals surface area contributed by atoms with Gasteiger partial charge in [0.05, 0.1) is 11.2 Å². The van der Waals surface area contributed by atoms with Gasteiger partial charge >= 0.3 is 0 Å². The first-order valence-corrected chi connectivity index (χ1v) is 17.1. The molecule has 214 valence electrons. The topological polar surface area (TPSA) is 29.0 Å². The van der Waals surface area contributed by atoms with E-state index in [0.717, 1.165) is 32.5 Å². The highest BCUT2D eigenvalue weighted by molar-refractivity contribution is 7.25. The summed E-state index contributed by atoms with van der Waals surface area (Å²) in [7, 11) is 0. The molecule has 0 saturated heterocycles. The zero-order chi connectivity index (χ0) is 29.9. The molecule has 3 aromatic heterocycles. The predicted molar refractivity (Wildman–Crippen MR) is 190 cm³/mol. The van der Waals surface area contributed by atoms with Crippen LogP contribution in [0.4, 0.5) is 11.4 Å². The molecular weight excluding hydrogens is 610 g/mol. The van der Waals surface area contributed by atoms with E-state index in [4.69, 9.17) is 16.6 Å². The number of nitrogens with zero attached hydrogens (tertiary/aromatic N) is 3. The van der Waals surface area contributed by atoms with E-state index in [0.29, 0.717) is 0 Å². The van der Waals surface area contributed by atoms with Gasteiger partial charge in [-0.05, 0) is 65.5 Å². The second kappa shape index (κ2) is 9.24. The summed E-state index contributed by atoms with van der Waals surface area (Å²) in [5, 5.41) is 3.83. The second-order valence-corrected chi connectivity index (χ2v) is 14.5. The van der Waals surface area contributed by atoms with Crippen molar-refractivity contribution < 1.29 is 0 Å². The van der Waals surface area contributed by atoms with Crippen LogP contribution in [0.2, 0.25) is 5.28 Å². The Morgan fingerprint density at radius 1 is 0.733 bits per heavy atom. The Morgan fingerprint density at radius 2 is 1.47 bits per heavy atom. The minimum absolute atomic E-state index is 0.181. The summed E-state index contributed by atoms with van der Waals surface area (Å²) in [6.45, 7) is 2.43. The first-order chi connectivity index (χ1) is 22.1. The van der Waals surface area contributed by atoms with Crippen molar-refractivity contribution >= 4 is 76.0 Å². The monoisotopic (exact) mass is 633 g/mol. The van der Waals surface area contributed by atoms with Crippen molar-refractivity contribution in [1.29, 1.82) is 0 Å². The summed E-state index contributed by atoms with van der Waals surface area (Å²) in [5.74, 6) is 0.181. The van der Waals surface area contributed by atoms with Gasteiger partial charge in [0.25, 0.3) is 0 Å². The Balaban J connectivity index is 1.24. The summed E-state index contributed by atoms with van der Waals surface area (Å²) < 4.78 is 2.52. The van der Waals surface area contributed by atoms with Crippen molar-refractivity contribution in [2.45, 2.75) is 18.4 Å². The van der Waals surface area contributed by atoms with Gasteiger partial charge in [-0.25, -0.2) is 9.97 Å². The fraction of sp³-hybridized carbons (Fsp3) is 0.0769. The van der Waals surface area contributed by atoms with Crippen molar-refractivity contribution in [3.8, 4) is 22.4 Å². The maximum absolute atomic E-state index is 6.56. The highest BCUT2D eigenvalue weighted by Gasteiger charge is 2.55. The first-order valence-electron chi connectivity index (χ1n) is 15.1. The summed E-state index contributed by atoms with van der Waals surface area (Å²) in [5.41, 5.74) is 9.36. The molecule has 0 radical (unpaired) electrons. The normalized spacial score (nSPS) is 18.3. The number of hydrogen-bond donors (Lipinski definition) is 0. The maximum atomic E-state index is 6.56. The number of fused-ring (bicyclic) bond motifs is 13. The Morgan fingerprint density at radius 3 is 2.36 bits per heavy atom. The van der Waals surface area contributed by atoms with Crippen LogP contribution in [0.25, 0.3) is 52.8 Å². The minimum atomic E-state index is -0.347. The van der Waals surface area contributed by atoms with Crippen LogP contribution in [0.3, 0.4) is 0 Å². The van der Waals surface area contributed by atoms with Crippen LogP contribution in [0.1, 0.15) is 28.8 Å². The second-order valence-electron chi connectivity index (χ2n) is 12.0. The highest BCUT2D eigenvalue weighted by Crippen LogP contribution is 2.66. The molecular formula is C39H24ClN3S2. The van der Waals surface area contributed by atoms with E-state index < -0.39 is 0 Å². The fourth-order valence-corrected chi connectivity index (χ4v) is 10.7. The number of thiophene rings is 2. The van der Waals surface area contributed by atoms with Crippen molar-refractivity contribution in [2.24, 2.45) is 0 Å². The summed E-state index contributed by atoms with van der Waals surface area (Å²) >= 11 is 10.2. The average Bonchev–Trinajstić information content (AvgIpc) is 3.72. The molecule has 0 spiro atoms. The molecule has 0 N–H and O–H groups in total. The molecule has 0 fully saturated rings. The third-order valence-electron chi connectivity index (χ3n) is 9.73. The summed E-state index contributed by atoms with van der Waals surface area (Å²) in [6.07, 6.45) is 0. The zero-order valence-electron chi connectivity index (χ0n) is 24.2. The third kappa shape index (κ3) is 3.41. The molecule has 45 heavy (non-hydrogen) atoms. The minimum Gasteiger partial charge on any atom is -0.330 e. The first kappa shape index (κ1) is 25.7. The van der Waals surface area contributed by atoms with Crippen LogP contribution in [-0.2, 0) is 5.54 Å². The van der Waals surface area contributed by atoms with Crippen LogP contribution >= 0.6 is 34.3 Å². The van der Waals surface area contributed by atoms with Gasteiger partial charge in [0.1, 0.15) is 4.83 Å². The van der Waals surface area contributed by atoms with Crippen LogP contribution < -0.4 is 4.90 Å². The number of benzene rings is 5. The largest absolute Gasteiger partial charge is 0.330 e. The molecule has 2 aliphatic rings. The maximum Gasteiger partial charge on any atom is 0.224 e. The Labute approximate surface area is 273 Å². The van der Waals surface area contributed by atoms with Crippen molar-refractivity contribution in [1.82, 2.24) is 9.97 Å².